The maximum absolute atomic E-state index is 12.2. The molecular formula is C21H22N2O5. The Labute approximate surface area is 162 Å². The molecule has 0 fully saturated rings. The first kappa shape index (κ1) is 19.4. The number of carbonyl (C=O) groups is 1. The number of aryl methyl sites for hydroxylation is 1. The Bertz CT molecular complexity index is 1040. The molecule has 0 aliphatic rings. The number of H-pyrrole nitrogens is 1. The normalized spacial score (nSPS) is 11.8. The van der Waals surface area contributed by atoms with Crippen LogP contribution >= 0.6 is 0 Å². The number of nitrogens with zero attached hydrogens (tertiary/aromatic N) is 1. The summed E-state index contributed by atoms with van der Waals surface area (Å²) < 4.78 is 15.9. The second kappa shape index (κ2) is 8.56. The van der Waals surface area contributed by atoms with Crippen LogP contribution in [0, 0.1) is 0 Å². The number of aromatic amines is 1. The summed E-state index contributed by atoms with van der Waals surface area (Å²) in [6, 6.07) is 12.5. The number of para-hydroxylation sites is 1. The average Bonchev–Trinajstić information content (AvgIpc) is 2.71. The van der Waals surface area contributed by atoms with Crippen molar-refractivity contribution in [2.45, 2.75) is 25.9 Å². The van der Waals surface area contributed by atoms with E-state index in [0.717, 1.165) is 5.56 Å². The van der Waals surface area contributed by atoms with E-state index in [-0.39, 0.29) is 17.9 Å². The Hall–Kier alpha value is -3.35. The van der Waals surface area contributed by atoms with Gasteiger partial charge in [0.2, 0.25) is 0 Å². The van der Waals surface area contributed by atoms with Crippen molar-refractivity contribution in [2.75, 3.05) is 14.2 Å². The third-order valence-electron chi connectivity index (χ3n) is 4.39. The molecule has 2 aromatic carbocycles. The minimum absolute atomic E-state index is 0.192. The predicted octanol–water partition coefficient (Wildman–Crippen LogP) is 3.18. The Morgan fingerprint density at radius 3 is 2.61 bits per heavy atom. The summed E-state index contributed by atoms with van der Waals surface area (Å²) in [7, 11) is 3.14. The van der Waals surface area contributed by atoms with E-state index in [2.05, 4.69) is 9.97 Å². The van der Waals surface area contributed by atoms with Gasteiger partial charge in [-0.2, -0.15) is 0 Å². The zero-order chi connectivity index (χ0) is 20.1. The minimum Gasteiger partial charge on any atom is -0.493 e. The fourth-order valence-corrected chi connectivity index (χ4v) is 2.89. The molecule has 0 saturated heterocycles. The van der Waals surface area contributed by atoms with Crippen LogP contribution in [0.25, 0.3) is 10.9 Å². The lowest BCUT2D eigenvalue weighted by molar-refractivity contribution is -0.148. The Morgan fingerprint density at radius 2 is 1.86 bits per heavy atom. The highest BCUT2D eigenvalue weighted by atomic mass is 16.5. The predicted molar refractivity (Wildman–Crippen MR) is 105 cm³/mol. The molecule has 0 aliphatic carbocycles. The van der Waals surface area contributed by atoms with Crippen LogP contribution < -0.4 is 15.0 Å². The number of aromatic nitrogens is 2. The second-order valence-electron chi connectivity index (χ2n) is 6.29. The molecule has 1 heterocycles. The van der Waals surface area contributed by atoms with Crippen LogP contribution in [-0.4, -0.2) is 30.2 Å². The number of ether oxygens (including phenoxy) is 3. The smallest absolute Gasteiger partial charge is 0.306 e. The van der Waals surface area contributed by atoms with Gasteiger partial charge in [-0.3, -0.25) is 9.59 Å². The first-order valence-electron chi connectivity index (χ1n) is 8.91. The molecule has 0 spiro atoms. The van der Waals surface area contributed by atoms with Crippen molar-refractivity contribution < 1.29 is 19.0 Å². The third-order valence-corrected chi connectivity index (χ3v) is 4.39. The summed E-state index contributed by atoms with van der Waals surface area (Å²) in [5, 5.41) is 0.498. The molecule has 0 aliphatic heterocycles. The standard InChI is InChI=1S/C21H22N2O5/c1-13(20-22-16-7-5-4-6-15(16)21(25)23-20)28-19(24)11-9-14-8-10-17(26-2)18(12-14)27-3/h4-8,10,12-13H,9,11H2,1-3H3,(H,22,23,25)/t13-/m0/s1. The van der Waals surface area contributed by atoms with Crippen LogP contribution in [-0.2, 0) is 16.0 Å². The number of fused-ring (bicyclic) bond motifs is 1. The molecule has 146 valence electrons. The number of hydrogen-bond acceptors (Lipinski definition) is 6. The maximum atomic E-state index is 12.2. The summed E-state index contributed by atoms with van der Waals surface area (Å²) in [5.74, 6) is 1.19. The zero-order valence-electron chi connectivity index (χ0n) is 16.0. The molecule has 0 amide bonds. The topological polar surface area (TPSA) is 90.5 Å². The largest absolute Gasteiger partial charge is 0.493 e. The van der Waals surface area contributed by atoms with Crippen molar-refractivity contribution in [1.82, 2.24) is 9.97 Å². The van der Waals surface area contributed by atoms with Crippen LogP contribution in [0.1, 0.15) is 30.8 Å². The molecule has 0 saturated carbocycles. The summed E-state index contributed by atoms with van der Waals surface area (Å²) in [5.41, 5.74) is 1.24. The van der Waals surface area contributed by atoms with Gasteiger partial charge < -0.3 is 19.2 Å². The lowest BCUT2D eigenvalue weighted by Crippen LogP contribution is -2.17. The number of hydrogen-bond donors (Lipinski definition) is 1. The number of nitrogens with one attached hydrogen (secondary N) is 1. The monoisotopic (exact) mass is 382 g/mol. The molecule has 0 bridgehead atoms. The Morgan fingerprint density at radius 1 is 1.11 bits per heavy atom. The Balaban J connectivity index is 1.64. The highest BCUT2D eigenvalue weighted by Gasteiger charge is 2.16. The average molecular weight is 382 g/mol. The van der Waals surface area contributed by atoms with Crippen LogP contribution in [0.5, 0.6) is 11.5 Å². The SMILES string of the molecule is COc1ccc(CCC(=O)O[C@@H](C)c2nc3ccccc3c(=O)[nH]2)cc1OC. The van der Waals surface area contributed by atoms with Gasteiger partial charge in [-0.05, 0) is 43.2 Å². The van der Waals surface area contributed by atoms with E-state index in [1.807, 2.05) is 12.1 Å². The van der Waals surface area contributed by atoms with E-state index in [1.165, 1.54) is 0 Å². The van der Waals surface area contributed by atoms with Gasteiger partial charge in [0, 0.05) is 6.42 Å². The molecule has 0 radical (unpaired) electrons. The zero-order valence-corrected chi connectivity index (χ0v) is 16.0. The summed E-state index contributed by atoms with van der Waals surface area (Å²) in [6.07, 6.45) is 0.0285. The van der Waals surface area contributed by atoms with Gasteiger partial charge in [-0.15, -0.1) is 0 Å². The van der Waals surface area contributed by atoms with Crippen molar-refractivity contribution in [3.8, 4) is 11.5 Å². The molecule has 3 rings (SSSR count). The van der Waals surface area contributed by atoms with Crippen LogP contribution in [0.3, 0.4) is 0 Å². The van der Waals surface area contributed by atoms with Gasteiger partial charge in [-0.1, -0.05) is 18.2 Å². The first-order valence-corrected chi connectivity index (χ1v) is 8.91. The van der Waals surface area contributed by atoms with Gasteiger partial charge >= 0.3 is 5.97 Å². The fraction of sp³-hybridized carbons (Fsp3) is 0.286. The fourth-order valence-electron chi connectivity index (χ4n) is 2.89. The third kappa shape index (κ3) is 4.31. The number of rotatable bonds is 7. The number of benzene rings is 2. The van der Waals surface area contributed by atoms with E-state index in [4.69, 9.17) is 14.2 Å². The van der Waals surface area contributed by atoms with Crippen LogP contribution in [0.4, 0.5) is 0 Å². The maximum Gasteiger partial charge on any atom is 0.306 e. The second-order valence-corrected chi connectivity index (χ2v) is 6.29. The molecule has 1 atom stereocenters. The van der Waals surface area contributed by atoms with Crippen LogP contribution in [0.2, 0.25) is 0 Å². The number of carbonyl (C=O) groups excluding carboxylic acids is 1. The number of methoxy groups -OCH3 is 2. The summed E-state index contributed by atoms with van der Waals surface area (Å²) in [4.78, 5) is 31.5. The first-order chi connectivity index (χ1) is 13.5. The molecule has 1 N–H and O–H groups in total. The van der Waals surface area contributed by atoms with Crippen molar-refractivity contribution in [2.24, 2.45) is 0 Å². The molecule has 28 heavy (non-hydrogen) atoms. The minimum atomic E-state index is -0.657. The highest BCUT2D eigenvalue weighted by Crippen LogP contribution is 2.28. The van der Waals surface area contributed by atoms with Crippen molar-refractivity contribution in [1.29, 1.82) is 0 Å². The molecule has 7 heteroatoms. The van der Waals surface area contributed by atoms with E-state index < -0.39 is 6.10 Å². The van der Waals surface area contributed by atoms with E-state index >= 15 is 0 Å². The summed E-state index contributed by atoms with van der Waals surface area (Å²) in [6.45, 7) is 1.68. The van der Waals surface area contributed by atoms with Gasteiger partial charge in [0.1, 0.15) is 0 Å². The van der Waals surface area contributed by atoms with Gasteiger partial charge in [0.15, 0.2) is 23.4 Å². The lowest BCUT2D eigenvalue weighted by atomic mass is 10.1. The van der Waals surface area contributed by atoms with Crippen molar-refractivity contribution in [3.63, 3.8) is 0 Å². The molecule has 0 unspecified atom stereocenters. The van der Waals surface area contributed by atoms with Gasteiger partial charge in [-0.25, -0.2) is 4.98 Å². The summed E-state index contributed by atoms with van der Waals surface area (Å²) >= 11 is 0. The lowest BCUT2D eigenvalue weighted by Gasteiger charge is -2.13. The number of esters is 1. The van der Waals surface area contributed by atoms with E-state index in [0.29, 0.717) is 34.6 Å². The van der Waals surface area contributed by atoms with Crippen molar-refractivity contribution in [3.05, 3.63) is 64.2 Å². The quantitative estimate of drug-likeness (QED) is 0.631. The van der Waals surface area contributed by atoms with Gasteiger partial charge in [0.05, 0.1) is 25.1 Å². The molecule has 7 nitrogen and oxygen atoms in total. The molecule has 1 aromatic heterocycles. The van der Waals surface area contributed by atoms with Crippen LogP contribution in [0.15, 0.2) is 47.3 Å². The Kier molecular flexibility index (Phi) is 5.93. The molecular weight excluding hydrogens is 360 g/mol. The molecule has 3 aromatic rings. The van der Waals surface area contributed by atoms with Gasteiger partial charge in [0.25, 0.3) is 5.56 Å². The highest BCUT2D eigenvalue weighted by molar-refractivity contribution is 5.77. The van der Waals surface area contributed by atoms with E-state index in [9.17, 15) is 9.59 Å². The van der Waals surface area contributed by atoms with E-state index in [1.54, 1.807) is 51.5 Å². The van der Waals surface area contributed by atoms with Crippen molar-refractivity contribution >= 4 is 16.9 Å².